The molecule has 114 valence electrons. The SMILES string of the molecule is CC(C)OCCNC(=O)[C@@H](N)Cc1c[nH]c2ccccc12. The molecule has 5 heteroatoms. The zero-order valence-electron chi connectivity index (χ0n) is 12.6. The molecular weight excluding hydrogens is 266 g/mol. The summed E-state index contributed by atoms with van der Waals surface area (Å²) in [6.45, 7) is 4.91. The van der Waals surface area contributed by atoms with Crippen LogP contribution in [0.15, 0.2) is 30.5 Å². The Morgan fingerprint density at radius 2 is 2.14 bits per heavy atom. The minimum atomic E-state index is -0.553. The number of amides is 1. The second-order valence-electron chi connectivity index (χ2n) is 5.38. The molecule has 1 atom stereocenters. The highest BCUT2D eigenvalue weighted by Gasteiger charge is 2.15. The normalized spacial score (nSPS) is 12.8. The lowest BCUT2D eigenvalue weighted by molar-refractivity contribution is -0.122. The number of aromatic amines is 1. The van der Waals surface area contributed by atoms with Crippen LogP contribution in [0.1, 0.15) is 19.4 Å². The van der Waals surface area contributed by atoms with Crippen LogP contribution >= 0.6 is 0 Å². The van der Waals surface area contributed by atoms with Crippen LogP contribution in [0.4, 0.5) is 0 Å². The highest BCUT2D eigenvalue weighted by molar-refractivity contribution is 5.86. The number of nitrogens with one attached hydrogen (secondary N) is 2. The predicted octanol–water partition coefficient (Wildman–Crippen LogP) is 1.58. The topological polar surface area (TPSA) is 80.1 Å². The van der Waals surface area contributed by atoms with E-state index in [1.807, 2.05) is 44.3 Å². The first-order valence-electron chi connectivity index (χ1n) is 7.28. The van der Waals surface area contributed by atoms with Crippen molar-refractivity contribution in [1.29, 1.82) is 0 Å². The molecule has 2 rings (SSSR count). The Labute approximate surface area is 124 Å². The summed E-state index contributed by atoms with van der Waals surface area (Å²) in [7, 11) is 0. The number of aromatic nitrogens is 1. The predicted molar refractivity (Wildman–Crippen MR) is 84.1 cm³/mol. The third kappa shape index (κ3) is 4.31. The van der Waals surface area contributed by atoms with Gasteiger partial charge in [0.25, 0.3) is 0 Å². The molecule has 1 aromatic carbocycles. The molecule has 21 heavy (non-hydrogen) atoms. The van der Waals surface area contributed by atoms with E-state index in [1.54, 1.807) is 0 Å². The van der Waals surface area contributed by atoms with Crippen LogP contribution in [0.5, 0.6) is 0 Å². The van der Waals surface area contributed by atoms with Crippen molar-refractivity contribution in [2.75, 3.05) is 13.2 Å². The molecule has 0 spiro atoms. The molecule has 1 aromatic heterocycles. The van der Waals surface area contributed by atoms with Crippen molar-refractivity contribution in [3.8, 4) is 0 Å². The van der Waals surface area contributed by atoms with E-state index in [0.29, 0.717) is 19.6 Å². The van der Waals surface area contributed by atoms with Gasteiger partial charge in [-0.05, 0) is 31.9 Å². The number of hydrogen-bond acceptors (Lipinski definition) is 3. The van der Waals surface area contributed by atoms with Crippen LogP contribution in [-0.4, -0.2) is 36.2 Å². The molecule has 0 radical (unpaired) electrons. The smallest absolute Gasteiger partial charge is 0.237 e. The lowest BCUT2D eigenvalue weighted by Gasteiger charge is -2.13. The highest BCUT2D eigenvalue weighted by atomic mass is 16.5. The summed E-state index contributed by atoms with van der Waals surface area (Å²) in [5.74, 6) is -0.146. The van der Waals surface area contributed by atoms with Gasteiger partial charge in [-0.2, -0.15) is 0 Å². The molecule has 0 aliphatic heterocycles. The average molecular weight is 289 g/mol. The molecule has 2 aromatic rings. The second-order valence-corrected chi connectivity index (χ2v) is 5.38. The van der Waals surface area contributed by atoms with Crippen LogP contribution < -0.4 is 11.1 Å². The van der Waals surface area contributed by atoms with Gasteiger partial charge in [-0.1, -0.05) is 18.2 Å². The number of carbonyl (C=O) groups excluding carboxylic acids is 1. The van der Waals surface area contributed by atoms with Gasteiger partial charge >= 0.3 is 0 Å². The van der Waals surface area contributed by atoms with Gasteiger partial charge in [0, 0.05) is 23.6 Å². The summed E-state index contributed by atoms with van der Waals surface area (Å²) in [4.78, 5) is 15.1. The monoisotopic (exact) mass is 289 g/mol. The summed E-state index contributed by atoms with van der Waals surface area (Å²) >= 11 is 0. The standard InChI is InChI=1S/C16H23N3O2/c1-11(2)21-8-7-18-16(20)14(17)9-12-10-19-15-6-4-3-5-13(12)15/h3-6,10-11,14,19H,7-9,17H2,1-2H3,(H,18,20)/t14-/m0/s1. The summed E-state index contributed by atoms with van der Waals surface area (Å²) in [6, 6.07) is 7.44. The van der Waals surface area contributed by atoms with Crippen molar-refractivity contribution in [1.82, 2.24) is 10.3 Å². The number of rotatable bonds is 7. The van der Waals surface area contributed by atoms with E-state index in [2.05, 4.69) is 10.3 Å². The van der Waals surface area contributed by atoms with Crippen LogP contribution in [0.25, 0.3) is 10.9 Å². The van der Waals surface area contributed by atoms with E-state index < -0.39 is 6.04 Å². The Balaban J connectivity index is 1.86. The molecule has 0 aliphatic rings. The maximum Gasteiger partial charge on any atom is 0.237 e. The molecule has 1 heterocycles. The first kappa shape index (κ1) is 15.5. The van der Waals surface area contributed by atoms with Crippen LogP contribution in [0, 0.1) is 0 Å². The zero-order chi connectivity index (χ0) is 15.2. The van der Waals surface area contributed by atoms with Crippen molar-refractivity contribution in [2.45, 2.75) is 32.4 Å². The maximum absolute atomic E-state index is 11.9. The van der Waals surface area contributed by atoms with Gasteiger partial charge in [0.05, 0.1) is 18.8 Å². The first-order chi connectivity index (χ1) is 10.1. The van der Waals surface area contributed by atoms with Crippen LogP contribution in [0.2, 0.25) is 0 Å². The second kappa shape index (κ2) is 7.24. The molecule has 0 fully saturated rings. The number of fused-ring (bicyclic) bond motifs is 1. The summed E-state index contributed by atoms with van der Waals surface area (Å²) in [6.07, 6.45) is 2.60. The van der Waals surface area contributed by atoms with E-state index in [4.69, 9.17) is 10.5 Å². The first-order valence-corrected chi connectivity index (χ1v) is 7.28. The fraction of sp³-hybridized carbons (Fsp3) is 0.438. The quantitative estimate of drug-likeness (QED) is 0.677. The highest BCUT2D eigenvalue weighted by Crippen LogP contribution is 2.18. The lowest BCUT2D eigenvalue weighted by Crippen LogP contribution is -2.43. The van der Waals surface area contributed by atoms with Gasteiger partial charge in [-0.25, -0.2) is 0 Å². The molecule has 5 nitrogen and oxygen atoms in total. The molecule has 0 bridgehead atoms. The number of H-pyrrole nitrogens is 1. The Morgan fingerprint density at radius 1 is 1.38 bits per heavy atom. The molecule has 0 aliphatic carbocycles. The largest absolute Gasteiger partial charge is 0.377 e. The molecule has 0 saturated heterocycles. The van der Waals surface area contributed by atoms with Crippen molar-refractivity contribution >= 4 is 16.8 Å². The van der Waals surface area contributed by atoms with Crippen molar-refractivity contribution in [3.63, 3.8) is 0 Å². The van der Waals surface area contributed by atoms with Crippen molar-refractivity contribution in [2.24, 2.45) is 5.73 Å². The van der Waals surface area contributed by atoms with E-state index in [0.717, 1.165) is 16.5 Å². The summed E-state index contributed by atoms with van der Waals surface area (Å²) < 4.78 is 5.37. The van der Waals surface area contributed by atoms with Gasteiger partial charge in [-0.3, -0.25) is 4.79 Å². The third-order valence-corrected chi connectivity index (χ3v) is 3.30. The minimum Gasteiger partial charge on any atom is -0.377 e. The third-order valence-electron chi connectivity index (χ3n) is 3.30. The number of hydrogen-bond donors (Lipinski definition) is 3. The molecule has 4 N–H and O–H groups in total. The van der Waals surface area contributed by atoms with E-state index >= 15 is 0 Å². The number of nitrogens with two attached hydrogens (primary N) is 1. The molecule has 0 saturated carbocycles. The van der Waals surface area contributed by atoms with Crippen molar-refractivity contribution < 1.29 is 9.53 Å². The Hall–Kier alpha value is -1.85. The number of ether oxygens (including phenoxy) is 1. The van der Waals surface area contributed by atoms with Gasteiger partial charge in [0.1, 0.15) is 0 Å². The summed E-state index contributed by atoms with van der Waals surface area (Å²) in [5.41, 5.74) is 8.10. The van der Waals surface area contributed by atoms with E-state index in [9.17, 15) is 4.79 Å². The maximum atomic E-state index is 11.9. The zero-order valence-corrected chi connectivity index (χ0v) is 12.6. The van der Waals surface area contributed by atoms with Crippen LogP contribution in [0.3, 0.4) is 0 Å². The summed E-state index contributed by atoms with van der Waals surface area (Å²) in [5, 5.41) is 3.91. The Bertz CT molecular complexity index is 592. The number of benzene rings is 1. The molecular formula is C16H23N3O2. The number of carbonyl (C=O) groups is 1. The van der Waals surface area contributed by atoms with Crippen LogP contribution in [-0.2, 0) is 16.0 Å². The molecule has 1 amide bonds. The fourth-order valence-corrected chi connectivity index (χ4v) is 2.23. The number of para-hydroxylation sites is 1. The van der Waals surface area contributed by atoms with Gasteiger partial charge in [0.2, 0.25) is 5.91 Å². The van der Waals surface area contributed by atoms with Gasteiger partial charge < -0.3 is 20.8 Å². The Kier molecular flexibility index (Phi) is 5.36. The van der Waals surface area contributed by atoms with Gasteiger partial charge in [0.15, 0.2) is 0 Å². The average Bonchev–Trinajstić information content (AvgIpc) is 2.86. The van der Waals surface area contributed by atoms with E-state index in [-0.39, 0.29) is 12.0 Å². The van der Waals surface area contributed by atoms with Crippen molar-refractivity contribution in [3.05, 3.63) is 36.0 Å². The fourth-order valence-electron chi connectivity index (χ4n) is 2.23. The van der Waals surface area contributed by atoms with E-state index in [1.165, 1.54) is 0 Å². The van der Waals surface area contributed by atoms with Gasteiger partial charge in [-0.15, -0.1) is 0 Å². The lowest BCUT2D eigenvalue weighted by atomic mass is 10.1. The Morgan fingerprint density at radius 3 is 2.90 bits per heavy atom. The minimum absolute atomic E-state index is 0.146. The molecule has 0 unspecified atom stereocenters.